The molecule has 0 aliphatic carbocycles. The molecular weight excluding hydrogens is 406 g/mol. The molecule has 0 spiro atoms. The summed E-state index contributed by atoms with van der Waals surface area (Å²) in [6, 6.07) is 15.8. The van der Waals surface area contributed by atoms with Gasteiger partial charge in [0.1, 0.15) is 5.75 Å². The number of H-pyrrole nitrogens is 1. The van der Waals surface area contributed by atoms with E-state index < -0.39 is 4.92 Å². The number of nitrogens with one attached hydrogen (secondary N) is 1. The summed E-state index contributed by atoms with van der Waals surface area (Å²) in [6.45, 7) is 0. The highest BCUT2D eigenvalue weighted by molar-refractivity contribution is 7.19. The van der Waals surface area contributed by atoms with Gasteiger partial charge in [0.15, 0.2) is 10.8 Å². The highest BCUT2D eigenvalue weighted by atomic mass is 32.1. The van der Waals surface area contributed by atoms with Gasteiger partial charge >= 0.3 is 0 Å². The molecule has 0 aliphatic heterocycles. The van der Waals surface area contributed by atoms with E-state index >= 15 is 0 Å². The van der Waals surface area contributed by atoms with Crippen molar-refractivity contribution in [3.05, 3.63) is 64.7 Å². The van der Waals surface area contributed by atoms with E-state index in [1.807, 2.05) is 30.3 Å². The van der Waals surface area contributed by atoms with E-state index in [-0.39, 0.29) is 5.69 Å². The first kappa shape index (κ1) is 17.9. The maximum atomic E-state index is 11.4. The largest absolute Gasteiger partial charge is 0.497 e. The minimum absolute atomic E-state index is 0.0512. The molecule has 10 nitrogen and oxygen atoms in total. The van der Waals surface area contributed by atoms with Gasteiger partial charge in [0, 0.05) is 11.6 Å². The second-order valence-electron chi connectivity index (χ2n) is 6.29. The van der Waals surface area contributed by atoms with Crippen LogP contribution in [-0.4, -0.2) is 42.0 Å². The van der Waals surface area contributed by atoms with Crippen LogP contribution < -0.4 is 4.74 Å². The van der Waals surface area contributed by atoms with Crippen LogP contribution >= 0.6 is 11.3 Å². The van der Waals surface area contributed by atoms with Gasteiger partial charge in [-0.05, 0) is 36.4 Å². The van der Waals surface area contributed by atoms with E-state index in [1.54, 1.807) is 25.3 Å². The zero-order valence-electron chi connectivity index (χ0n) is 15.5. The van der Waals surface area contributed by atoms with Gasteiger partial charge in [-0.1, -0.05) is 23.5 Å². The molecule has 0 amide bonds. The summed E-state index contributed by atoms with van der Waals surface area (Å²) >= 11 is 1.31. The van der Waals surface area contributed by atoms with Crippen LogP contribution in [0.4, 0.5) is 5.69 Å². The number of benzene rings is 2. The Labute approximate surface area is 172 Å². The van der Waals surface area contributed by atoms with Gasteiger partial charge in [-0.15, -0.1) is 10.2 Å². The molecule has 1 N–H and O–H groups in total. The Hall–Kier alpha value is -4.12. The van der Waals surface area contributed by atoms with E-state index in [1.165, 1.54) is 21.9 Å². The number of nitro benzene ring substituents is 1. The number of nitro groups is 1. The number of fused-ring (bicyclic) bond motifs is 1. The Balaban J connectivity index is 1.53. The topological polar surface area (TPSA) is 124 Å². The third kappa shape index (κ3) is 2.97. The summed E-state index contributed by atoms with van der Waals surface area (Å²) in [6.07, 6.45) is 0. The van der Waals surface area contributed by atoms with Gasteiger partial charge in [0.25, 0.3) is 5.69 Å². The average molecular weight is 419 g/mol. The van der Waals surface area contributed by atoms with Crippen molar-refractivity contribution in [1.29, 1.82) is 0 Å². The monoisotopic (exact) mass is 419 g/mol. The lowest BCUT2D eigenvalue weighted by molar-refractivity contribution is -0.384. The van der Waals surface area contributed by atoms with Crippen molar-refractivity contribution in [3.8, 4) is 39.1 Å². The summed E-state index contributed by atoms with van der Waals surface area (Å²) in [4.78, 5) is 11.4. The van der Waals surface area contributed by atoms with Gasteiger partial charge in [-0.2, -0.15) is 14.7 Å². The van der Waals surface area contributed by atoms with Crippen molar-refractivity contribution >= 4 is 22.0 Å². The van der Waals surface area contributed by atoms with E-state index in [0.717, 1.165) is 17.0 Å². The molecule has 30 heavy (non-hydrogen) atoms. The van der Waals surface area contributed by atoms with Crippen molar-refractivity contribution in [2.45, 2.75) is 0 Å². The molecule has 2 aromatic carbocycles. The van der Waals surface area contributed by atoms with Crippen LogP contribution in [0.1, 0.15) is 0 Å². The van der Waals surface area contributed by atoms with Gasteiger partial charge in [0.2, 0.25) is 4.96 Å². The van der Waals surface area contributed by atoms with E-state index in [0.29, 0.717) is 27.1 Å². The zero-order chi connectivity index (χ0) is 20.7. The van der Waals surface area contributed by atoms with Crippen LogP contribution in [0.3, 0.4) is 0 Å². The summed E-state index contributed by atoms with van der Waals surface area (Å²) in [5.74, 6) is 1.08. The van der Waals surface area contributed by atoms with Crippen LogP contribution in [0.15, 0.2) is 54.6 Å². The highest BCUT2D eigenvalue weighted by Gasteiger charge is 2.22. The lowest BCUT2D eigenvalue weighted by Gasteiger charge is -1.99. The second-order valence-corrected chi connectivity index (χ2v) is 7.25. The molecule has 0 bridgehead atoms. The Bertz CT molecular complexity index is 1370. The second kappa shape index (κ2) is 7.04. The number of rotatable bonds is 5. The third-order valence-corrected chi connectivity index (χ3v) is 5.46. The number of hydrogen-bond donors (Lipinski definition) is 1. The fourth-order valence-electron chi connectivity index (χ4n) is 3.06. The number of para-hydroxylation sites is 1. The predicted molar refractivity (Wildman–Crippen MR) is 110 cm³/mol. The summed E-state index contributed by atoms with van der Waals surface area (Å²) in [5.41, 5.74) is 2.71. The van der Waals surface area contributed by atoms with Gasteiger partial charge in [-0.3, -0.25) is 15.2 Å². The molecule has 5 rings (SSSR count). The first-order chi connectivity index (χ1) is 14.6. The molecule has 0 aliphatic rings. The predicted octanol–water partition coefficient (Wildman–Crippen LogP) is 3.83. The van der Waals surface area contributed by atoms with Gasteiger partial charge in [0.05, 0.1) is 29.0 Å². The molecular formula is C19H13N7O3S. The number of ether oxygens (including phenoxy) is 1. The maximum Gasteiger partial charge on any atom is 0.280 e. The lowest BCUT2D eigenvalue weighted by Crippen LogP contribution is -1.96. The normalized spacial score (nSPS) is 11.1. The van der Waals surface area contributed by atoms with Crippen molar-refractivity contribution in [3.63, 3.8) is 0 Å². The van der Waals surface area contributed by atoms with Crippen molar-refractivity contribution in [2.24, 2.45) is 0 Å². The molecule has 148 valence electrons. The van der Waals surface area contributed by atoms with Crippen LogP contribution in [0.25, 0.3) is 38.3 Å². The molecule has 0 fully saturated rings. The van der Waals surface area contributed by atoms with E-state index in [9.17, 15) is 10.1 Å². The Morgan fingerprint density at radius 2 is 1.93 bits per heavy atom. The molecule has 11 heteroatoms. The van der Waals surface area contributed by atoms with Crippen LogP contribution in [0.5, 0.6) is 5.75 Å². The number of aromatic nitrogens is 6. The number of aromatic amines is 1. The molecule has 0 atom stereocenters. The van der Waals surface area contributed by atoms with Crippen molar-refractivity contribution < 1.29 is 9.66 Å². The zero-order valence-corrected chi connectivity index (χ0v) is 16.3. The number of nitrogens with zero attached hydrogens (tertiary/aromatic N) is 6. The van der Waals surface area contributed by atoms with Crippen LogP contribution in [0.2, 0.25) is 0 Å². The van der Waals surface area contributed by atoms with Crippen LogP contribution in [-0.2, 0) is 0 Å². The number of methoxy groups -OCH3 is 1. The van der Waals surface area contributed by atoms with Crippen molar-refractivity contribution in [1.82, 2.24) is 30.0 Å². The molecule has 0 saturated heterocycles. The van der Waals surface area contributed by atoms with Gasteiger partial charge in [-0.25, -0.2) is 0 Å². The first-order valence-corrected chi connectivity index (χ1v) is 9.62. The molecule has 3 heterocycles. The molecule has 0 unspecified atom stereocenters. The van der Waals surface area contributed by atoms with Crippen LogP contribution in [0, 0.1) is 10.1 Å². The molecule has 5 aromatic rings. The van der Waals surface area contributed by atoms with Gasteiger partial charge < -0.3 is 4.74 Å². The maximum absolute atomic E-state index is 11.4. The van der Waals surface area contributed by atoms with Crippen molar-refractivity contribution in [2.75, 3.05) is 7.11 Å². The summed E-state index contributed by atoms with van der Waals surface area (Å²) < 4.78 is 6.69. The Morgan fingerprint density at radius 3 is 2.70 bits per heavy atom. The van der Waals surface area contributed by atoms with E-state index in [4.69, 9.17) is 4.74 Å². The SMILES string of the molecule is COc1ccc(-c2cc(-c3nn4c(-c5ccccc5[N+](=O)[O-])nnc4s3)[nH]n2)cc1. The summed E-state index contributed by atoms with van der Waals surface area (Å²) in [7, 11) is 1.62. The standard InChI is InChI=1S/C19H13N7O3S/c1-29-12-8-6-11(7-9-12)14-10-15(21-20-14)18-24-25-17(22-23-19(25)30-18)13-4-2-3-5-16(13)26(27)28/h2-10H,1H3,(H,20,21). The lowest BCUT2D eigenvalue weighted by atomic mass is 10.1. The average Bonchev–Trinajstić information content (AvgIpc) is 3.49. The molecule has 3 aromatic heterocycles. The Kier molecular flexibility index (Phi) is 4.21. The fraction of sp³-hybridized carbons (Fsp3) is 0.0526. The first-order valence-electron chi connectivity index (χ1n) is 8.80. The minimum Gasteiger partial charge on any atom is -0.497 e. The molecule has 0 radical (unpaired) electrons. The fourth-order valence-corrected chi connectivity index (χ4v) is 3.86. The quantitative estimate of drug-likeness (QED) is 0.339. The minimum atomic E-state index is -0.445. The number of hydrogen-bond acceptors (Lipinski definition) is 8. The van der Waals surface area contributed by atoms with E-state index in [2.05, 4.69) is 25.5 Å². The highest BCUT2D eigenvalue weighted by Crippen LogP contribution is 2.32. The Morgan fingerprint density at radius 1 is 1.13 bits per heavy atom. The third-order valence-electron chi connectivity index (χ3n) is 4.53. The summed E-state index contributed by atoms with van der Waals surface area (Å²) in [5, 5.41) is 32.1. The molecule has 0 saturated carbocycles. The smallest absolute Gasteiger partial charge is 0.280 e.